The van der Waals surface area contributed by atoms with E-state index in [2.05, 4.69) is 15.1 Å². The van der Waals surface area contributed by atoms with Crippen molar-refractivity contribution in [3.63, 3.8) is 0 Å². The van der Waals surface area contributed by atoms with Crippen molar-refractivity contribution in [2.24, 2.45) is 0 Å². The van der Waals surface area contributed by atoms with E-state index in [9.17, 15) is 4.79 Å². The van der Waals surface area contributed by atoms with E-state index in [0.717, 1.165) is 0 Å². The SMILES string of the molecule is O=c1[nH]c(I)nn2ccnc12. The first kappa shape index (κ1) is 6.77. The Morgan fingerprint density at radius 1 is 1.64 bits per heavy atom. The molecule has 0 amide bonds. The van der Waals surface area contributed by atoms with Crippen LogP contribution in [-0.4, -0.2) is 19.6 Å². The first-order chi connectivity index (χ1) is 5.27. The molecule has 11 heavy (non-hydrogen) atoms. The minimum atomic E-state index is -0.214. The zero-order valence-electron chi connectivity index (χ0n) is 5.28. The number of imidazole rings is 1. The van der Waals surface area contributed by atoms with Crippen molar-refractivity contribution >= 4 is 28.2 Å². The lowest BCUT2D eigenvalue weighted by Gasteiger charge is -1.90. The van der Waals surface area contributed by atoms with Crippen molar-refractivity contribution in [2.45, 2.75) is 0 Å². The first-order valence-corrected chi connectivity index (χ1v) is 3.94. The Bertz CT molecular complexity index is 445. The fraction of sp³-hybridized carbons (Fsp3) is 0. The largest absolute Gasteiger partial charge is 0.297 e. The van der Waals surface area contributed by atoms with Crippen LogP contribution in [0.5, 0.6) is 0 Å². The molecule has 0 aliphatic carbocycles. The smallest absolute Gasteiger partial charge is 0.295 e. The quantitative estimate of drug-likeness (QED) is 0.681. The summed E-state index contributed by atoms with van der Waals surface area (Å²) in [5.74, 6) is 0. The van der Waals surface area contributed by atoms with E-state index in [1.165, 1.54) is 10.7 Å². The molecular weight excluding hydrogens is 259 g/mol. The molecular formula is C5H3IN4O. The molecule has 0 spiro atoms. The highest BCUT2D eigenvalue weighted by atomic mass is 127. The Hall–Kier alpha value is -0.920. The van der Waals surface area contributed by atoms with Crippen LogP contribution in [0.1, 0.15) is 0 Å². The van der Waals surface area contributed by atoms with Gasteiger partial charge >= 0.3 is 0 Å². The lowest BCUT2D eigenvalue weighted by Crippen LogP contribution is -2.14. The van der Waals surface area contributed by atoms with Crippen LogP contribution in [-0.2, 0) is 0 Å². The number of hydrogen-bond donors (Lipinski definition) is 1. The maximum Gasteiger partial charge on any atom is 0.295 e. The van der Waals surface area contributed by atoms with Crippen LogP contribution in [0.2, 0.25) is 0 Å². The highest BCUT2D eigenvalue weighted by Gasteiger charge is 2.00. The van der Waals surface area contributed by atoms with Gasteiger partial charge in [0.25, 0.3) is 5.56 Å². The number of nitrogens with zero attached hydrogens (tertiary/aromatic N) is 3. The Morgan fingerprint density at radius 3 is 3.27 bits per heavy atom. The monoisotopic (exact) mass is 262 g/mol. The van der Waals surface area contributed by atoms with Gasteiger partial charge in [0.05, 0.1) is 0 Å². The first-order valence-electron chi connectivity index (χ1n) is 2.86. The highest BCUT2D eigenvalue weighted by Crippen LogP contribution is 1.93. The van der Waals surface area contributed by atoms with E-state index in [-0.39, 0.29) is 5.56 Å². The van der Waals surface area contributed by atoms with Crippen molar-refractivity contribution in [1.29, 1.82) is 0 Å². The van der Waals surface area contributed by atoms with Gasteiger partial charge in [-0.1, -0.05) is 0 Å². The molecule has 56 valence electrons. The third kappa shape index (κ3) is 1.02. The van der Waals surface area contributed by atoms with E-state index in [1.54, 1.807) is 6.20 Å². The van der Waals surface area contributed by atoms with E-state index in [0.29, 0.717) is 9.48 Å². The number of H-pyrrole nitrogens is 1. The zero-order chi connectivity index (χ0) is 7.84. The van der Waals surface area contributed by atoms with Crippen LogP contribution >= 0.6 is 22.6 Å². The Labute approximate surface area is 74.6 Å². The second-order valence-electron chi connectivity index (χ2n) is 1.94. The van der Waals surface area contributed by atoms with Gasteiger partial charge in [-0.05, 0) is 0 Å². The van der Waals surface area contributed by atoms with Gasteiger partial charge in [-0.25, -0.2) is 9.50 Å². The van der Waals surface area contributed by atoms with Crippen molar-refractivity contribution in [3.05, 3.63) is 26.6 Å². The summed E-state index contributed by atoms with van der Waals surface area (Å²) in [6, 6.07) is 0. The molecule has 0 bridgehead atoms. The van der Waals surface area contributed by atoms with E-state index < -0.39 is 0 Å². The van der Waals surface area contributed by atoms with Crippen LogP contribution in [0, 0.1) is 3.83 Å². The van der Waals surface area contributed by atoms with Gasteiger partial charge < -0.3 is 0 Å². The fourth-order valence-corrected chi connectivity index (χ4v) is 1.29. The third-order valence-corrected chi connectivity index (χ3v) is 1.72. The maximum atomic E-state index is 11.1. The summed E-state index contributed by atoms with van der Waals surface area (Å²) in [6.45, 7) is 0. The predicted octanol–water partition coefficient (Wildman–Crippen LogP) is 0.0222. The molecule has 2 rings (SSSR count). The number of rotatable bonds is 0. The number of aromatic amines is 1. The van der Waals surface area contributed by atoms with E-state index >= 15 is 0 Å². The Kier molecular flexibility index (Phi) is 1.41. The lowest BCUT2D eigenvalue weighted by molar-refractivity contribution is 0.852. The molecule has 5 nitrogen and oxygen atoms in total. The lowest BCUT2D eigenvalue weighted by atomic mass is 10.8. The number of halogens is 1. The second-order valence-corrected chi connectivity index (χ2v) is 2.96. The molecule has 2 heterocycles. The van der Waals surface area contributed by atoms with Crippen LogP contribution in [0.4, 0.5) is 0 Å². The molecule has 0 aliphatic rings. The summed E-state index contributed by atoms with van der Waals surface area (Å²) in [5, 5.41) is 3.98. The number of hydrogen-bond acceptors (Lipinski definition) is 3. The van der Waals surface area contributed by atoms with Crippen molar-refractivity contribution in [3.8, 4) is 0 Å². The second kappa shape index (κ2) is 2.29. The third-order valence-electron chi connectivity index (χ3n) is 1.24. The summed E-state index contributed by atoms with van der Waals surface area (Å²) < 4.78 is 2.00. The minimum Gasteiger partial charge on any atom is -0.297 e. The van der Waals surface area contributed by atoms with Gasteiger partial charge in [-0.2, -0.15) is 0 Å². The van der Waals surface area contributed by atoms with Crippen molar-refractivity contribution < 1.29 is 0 Å². The molecule has 2 aromatic rings. The molecule has 6 heteroatoms. The van der Waals surface area contributed by atoms with Crippen LogP contribution < -0.4 is 5.56 Å². The standard InChI is InChI=1S/C5H3IN4O/c6-5-8-4(11)3-7-1-2-10(3)9-5/h1-2H,(H,8,9,11). The molecule has 0 atom stereocenters. The molecule has 0 aromatic carbocycles. The Balaban J connectivity index is 3.02. The predicted molar refractivity (Wildman–Crippen MR) is 46.3 cm³/mol. The van der Waals surface area contributed by atoms with Crippen molar-refractivity contribution in [2.75, 3.05) is 0 Å². The zero-order valence-corrected chi connectivity index (χ0v) is 7.44. The molecule has 0 radical (unpaired) electrons. The van der Waals surface area contributed by atoms with Gasteiger partial charge in [-0.15, -0.1) is 5.10 Å². The summed E-state index contributed by atoms with van der Waals surface area (Å²) in [5.41, 5.74) is 0.111. The molecule has 2 aromatic heterocycles. The molecule has 0 fully saturated rings. The summed E-state index contributed by atoms with van der Waals surface area (Å²) >= 11 is 1.94. The molecule has 1 N–H and O–H groups in total. The van der Waals surface area contributed by atoms with Crippen molar-refractivity contribution in [1.82, 2.24) is 19.6 Å². The van der Waals surface area contributed by atoms with Crippen LogP contribution in [0.3, 0.4) is 0 Å². The number of fused-ring (bicyclic) bond motifs is 1. The van der Waals surface area contributed by atoms with Crippen LogP contribution in [0.25, 0.3) is 5.65 Å². The highest BCUT2D eigenvalue weighted by molar-refractivity contribution is 14.1. The fourth-order valence-electron chi connectivity index (χ4n) is 0.809. The van der Waals surface area contributed by atoms with Gasteiger partial charge in [-0.3, -0.25) is 9.78 Å². The summed E-state index contributed by atoms with van der Waals surface area (Å²) in [4.78, 5) is 17.4. The van der Waals surface area contributed by atoms with Crippen LogP contribution in [0.15, 0.2) is 17.2 Å². The normalized spacial score (nSPS) is 10.6. The average Bonchev–Trinajstić information content (AvgIpc) is 2.34. The van der Waals surface area contributed by atoms with Gasteiger partial charge in [0.15, 0.2) is 3.83 Å². The van der Waals surface area contributed by atoms with Gasteiger partial charge in [0.2, 0.25) is 5.65 Å². The maximum absolute atomic E-state index is 11.1. The topological polar surface area (TPSA) is 63.0 Å². The summed E-state index contributed by atoms with van der Waals surface area (Å²) in [7, 11) is 0. The summed E-state index contributed by atoms with van der Waals surface area (Å²) in [6.07, 6.45) is 3.17. The molecule has 0 unspecified atom stereocenters. The Morgan fingerprint density at radius 2 is 2.45 bits per heavy atom. The average molecular weight is 262 g/mol. The minimum absolute atomic E-state index is 0.214. The van der Waals surface area contributed by atoms with E-state index in [1.807, 2.05) is 22.6 Å². The van der Waals surface area contributed by atoms with Gasteiger partial charge in [0.1, 0.15) is 0 Å². The number of aromatic nitrogens is 4. The molecule has 0 saturated heterocycles. The molecule has 0 saturated carbocycles. The number of nitrogens with one attached hydrogen (secondary N) is 1. The van der Waals surface area contributed by atoms with Gasteiger partial charge in [0, 0.05) is 35.0 Å². The molecule has 0 aliphatic heterocycles. The van der Waals surface area contributed by atoms with E-state index in [4.69, 9.17) is 0 Å².